The van der Waals surface area contributed by atoms with Gasteiger partial charge in [0.1, 0.15) is 0 Å². The Hall–Kier alpha value is -0.550. The van der Waals surface area contributed by atoms with Gasteiger partial charge in [-0.15, -0.1) is 0 Å². The van der Waals surface area contributed by atoms with Crippen LogP contribution in [0.2, 0.25) is 0 Å². The summed E-state index contributed by atoms with van der Waals surface area (Å²) < 4.78 is 0. The smallest absolute Gasteiger partial charge is 0.0687 e. The summed E-state index contributed by atoms with van der Waals surface area (Å²) in [6.07, 6.45) is 0.999. The Bertz CT molecular complexity index is 137. The lowest BCUT2D eigenvalue weighted by Crippen LogP contribution is -2.18. The zero-order valence-electron chi connectivity index (χ0n) is 6.89. The van der Waals surface area contributed by atoms with Gasteiger partial charge in [-0.3, -0.25) is 0 Å². The average molecular weight is 141 g/mol. The van der Waals surface area contributed by atoms with Gasteiger partial charge in [0.25, 0.3) is 0 Å². The van der Waals surface area contributed by atoms with Gasteiger partial charge in [0.2, 0.25) is 0 Å². The monoisotopic (exact) mass is 141 g/mol. The summed E-state index contributed by atoms with van der Waals surface area (Å²) in [5, 5.41) is 17.7. The highest BCUT2D eigenvalue weighted by Crippen LogP contribution is 2.25. The molecule has 0 saturated heterocycles. The van der Waals surface area contributed by atoms with Crippen molar-refractivity contribution in [3.05, 3.63) is 0 Å². The molecular formula is C8H15NO. The second kappa shape index (κ2) is 3.58. The fourth-order valence-corrected chi connectivity index (χ4v) is 0.921. The molecule has 2 unspecified atom stereocenters. The highest BCUT2D eigenvalue weighted by molar-refractivity contribution is 4.95. The summed E-state index contributed by atoms with van der Waals surface area (Å²) in [5.74, 6) is 0. The Labute approximate surface area is 62.5 Å². The van der Waals surface area contributed by atoms with E-state index in [1.54, 1.807) is 6.92 Å². The van der Waals surface area contributed by atoms with E-state index >= 15 is 0 Å². The molecular weight excluding hydrogens is 126 g/mol. The largest absolute Gasteiger partial charge is 0.393 e. The van der Waals surface area contributed by atoms with Crippen molar-refractivity contribution in [2.75, 3.05) is 0 Å². The molecule has 0 spiro atoms. The molecule has 2 heteroatoms. The van der Waals surface area contributed by atoms with Crippen molar-refractivity contribution in [1.29, 1.82) is 5.26 Å². The molecule has 0 aromatic carbocycles. The van der Waals surface area contributed by atoms with Gasteiger partial charge in [-0.2, -0.15) is 5.26 Å². The van der Waals surface area contributed by atoms with Crippen molar-refractivity contribution in [2.24, 2.45) is 5.41 Å². The second-order valence-corrected chi connectivity index (χ2v) is 3.08. The maximum Gasteiger partial charge on any atom is 0.0687 e. The van der Waals surface area contributed by atoms with E-state index in [4.69, 9.17) is 10.4 Å². The first-order valence-corrected chi connectivity index (χ1v) is 3.63. The van der Waals surface area contributed by atoms with E-state index in [1.807, 2.05) is 13.8 Å². The first-order valence-electron chi connectivity index (χ1n) is 3.63. The molecule has 0 heterocycles. The minimum atomic E-state index is -0.371. The summed E-state index contributed by atoms with van der Waals surface area (Å²) in [7, 11) is 0. The van der Waals surface area contributed by atoms with Gasteiger partial charge >= 0.3 is 0 Å². The van der Waals surface area contributed by atoms with Gasteiger partial charge in [-0.05, 0) is 26.7 Å². The van der Waals surface area contributed by atoms with Crippen LogP contribution in [0.1, 0.15) is 33.6 Å². The zero-order chi connectivity index (χ0) is 8.20. The van der Waals surface area contributed by atoms with Crippen molar-refractivity contribution in [1.82, 2.24) is 0 Å². The number of aliphatic hydroxyl groups excluding tert-OH is 1. The molecule has 0 aliphatic carbocycles. The minimum absolute atomic E-state index is 0.339. The fraction of sp³-hybridized carbons (Fsp3) is 0.875. The van der Waals surface area contributed by atoms with E-state index in [0.717, 1.165) is 6.42 Å². The van der Waals surface area contributed by atoms with E-state index in [9.17, 15) is 0 Å². The molecule has 0 amide bonds. The van der Waals surface area contributed by atoms with Crippen LogP contribution < -0.4 is 0 Å². The first-order chi connectivity index (χ1) is 4.54. The van der Waals surface area contributed by atoms with Crippen molar-refractivity contribution < 1.29 is 5.11 Å². The van der Waals surface area contributed by atoms with Crippen LogP contribution in [-0.2, 0) is 0 Å². The molecule has 0 aliphatic heterocycles. The average Bonchev–Trinajstić information content (AvgIpc) is 1.87. The van der Waals surface area contributed by atoms with Gasteiger partial charge in [0.15, 0.2) is 0 Å². The Kier molecular flexibility index (Phi) is 3.38. The third kappa shape index (κ3) is 2.84. The Morgan fingerprint density at radius 3 is 2.30 bits per heavy atom. The van der Waals surface area contributed by atoms with Crippen LogP contribution in [0.5, 0.6) is 0 Å². The maximum absolute atomic E-state index is 9.00. The third-order valence-electron chi connectivity index (χ3n) is 1.80. The van der Waals surface area contributed by atoms with E-state index in [0.29, 0.717) is 6.42 Å². The molecule has 0 aromatic rings. The molecule has 10 heavy (non-hydrogen) atoms. The van der Waals surface area contributed by atoms with Gasteiger partial charge in [0, 0.05) is 0 Å². The molecule has 0 fully saturated rings. The molecule has 1 N–H and O–H groups in total. The lowest BCUT2D eigenvalue weighted by atomic mass is 9.84. The van der Waals surface area contributed by atoms with Crippen LogP contribution >= 0.6 is 0 Å². The Balaban J connectivity index is 3.97. The summed E-state index contributed by atoms with van der Waals surface area (Å²) in [6.45, 7) is 5.55. The van der Waals surface area contributed by atoms with Gasteiger partial charge in [0.05, 0.1) is 17.6 Å². The quantitative estimate of drug-likeness (QED) is 0.650. The van der Waals surface area contributed by atoms with Crippen molar-refractivity contribution >= 4 is 0 Å². The van der Waals surface area contributed by atoms with Gasteiger partial charge in [-0.1, -0.05) is 6.92 Å². The van der Waals surface area contributed by atoms with Crippen LogP contribution in [0.3, 0.4) is 0 Å². The summed E-state index contributed by atoms with van der Waals surface area (Å²) in [4.78, 5) is 0. The van der Waals surface area contributed by atoms with Crippen molar-refractivity contribution in [3.8, 4) is 6.07 Å². The van der Waals surface area contributed by atoms with E-state index in [-0.39, 0.29) is 11.5 Å². The Morgan fingerprint density at radius 2 is 2.20 bits per heavy atom. The van der Waals surface area contributed by atoms with Crippen LogP contribution in [0.4, 0.5) is 0 Å². The number of aliphatic hydroxyl groups is 1. The van der Waals surface area contributed by atoms with Crippen molar-refractivity contribution in [2.45, 2.75) is 39.7 Å². The molecule has 2 atom stereocenters. The van der Waals surface area contributed by atoms with E-state index < -0.39 is 0 Å². The molecule has 0 bridgehead atoms. The topological polar surface area (TPSA) is 44.0 Å². The number of nitriles is 1. The van der Waals surface area contributed by atoms with E-state index in [1.165, 1.54) is 0 Å². The van der Waals surface area contributed by atoms with Crippen LogP contribution in [0.15, 0.2) is 0 Å². The predicted molar refractivity (Wildman–Crippen MR) is 40.3 cm³/mol. The number of hydrogen-bond donors (Lipinski definition) is 1. The molecule has 58 valence electrons. The Morgan fingerprint density at radius 1 is 1.70 bits per heavy atom. The molecule has 2 nitrogen and oxygen atoms in total. The summed E-state index contributed by atoms with van der Waals surface area (Å²) in [5.41, 5.74) is -0.339. The van der Waals surface area contributed by atoms with Gasteiger partial charge in [-0.25, -0.2) is 0 Å². The van der Waals surface area contributed by atoms with Crippen LogP contribution in [-0.4, -0.2) is 11.2 Å². The highest BCUT2D eigenvalue weighted by atomic mass is 16.3. The van der Waals surface area contributed by atoms with Crippen LogP contribution in [0, 0.1) is 16.7 Å². The number of hydrogen-bond acceptors (Lipinski definition) is 2. The molecule has 0 radical (unpaired) electrons. The molecule has 0 aliphatic rings. The summed E-state index contributed by atoms with van der Waals surface area (Å²) >= 11 is 0. The zero-order valence-corrected chi connectivity index (χ0v) is 6.89. The normalized spacial score (nSPS) is 19.1. The standard InChI is InChI=1S/C8H15NO/c1-4-8(3,6-9)5-7(2)10/h7,10H,4-5H2,1-3H3. The third-order valence-corrected chi connectivity index (χ3v) is 1.80. The lowest BCUT2D eigenvalue weighted by molar-refractivity contribution is 0.142. The summed E-state index contributed by atoms with van der Waals surface area (Å²) in [6, 6.07) is 2.20. The minimum Gasteiger partial charge on any atom is -0.393 e. The molecule has 0 saturated carbocycles. The number of rotatable bonds is 3. The number of nitrogens with zero attached hydrogens (tertiary/aromatic N) is 1. The molecule has 0 rings (SSSR count). The van der Waals surface area contributed by atoms with E-state index in [2.05, 4.69) is 6.07 Å². The highest BCUT2D eigenvalue weighted by Gasteiger charge is 2.22. The fourth-order valence-electron chi connectivity index (χ4n) is 0.921. The van der Waals surface area contributed by atoms with Gasteiger partial charge < -0.3 is 5.11 Å². The SMILES string of the molecule is CCC(C)(C#N)CC(C)O. The lowest BCUT2D eigenvalue weighted by Gasteiger charge is -2.20. The second-order valence-electron chi connectivity index (χ2n) is 3.08. The maximum atomic E-state index is 9.00. The molecule has 0 aromatic heterocycles. The van der Waals surface area contributed by atoms with Crippen LogP contribution in [0.25, 0.3) is 0 Å². The predicted octanol–water partition coefficient (Wildman–Crippen LogP) is 1.70. The van der Waals surface area contributed by atoms with Crippen molar-refractivity contribution in [3.63, 3.8) is 0 Å². The first kappa shape index (κ1) is 9.45.